The minimum atomic E-state index is 0.411. The van der Waals surface area contributed by atoms with Crippen molar-refractivity contribution in [1.29, 1.82) is 0 Å². The topological polar surface area (TPSA) is 24.9 Å². The summed E-state index contributed by atoms with van der Waals surface area (Å²) >= 11 is 1.80. The molecule has 84 valence electrons. The third kappa shape index (κ3) is 3.07. The molecule has 0 spiro atoms. The summed E-state index contributed by atoms with van der Waals surface area (Å²) in [6.07, 6.45) is 2.94. The standard InChI is InChI=1S/C13H16N2S/c1-10-5-6-13(14-9-10)15-11(2)8-12-4-3-7-16-12/h3-7,9,11H,8H2,1-2H3,(H,14,15). The molecule has 2 aromatic heterocycles. The number of nitrogens with zero attached hydrogens (tertiary/aromatic N) is 1. The van der Waals surface area contributed by atoms with Crippen molar-refractivity contribution in [3.63, 3.8) is 0 Å². The lowest BCUT2D eigenvalue weighted by molar-refractivity contribution is 0.794. The van der Waals surface area contributed by atoms with Gasteiger partial charge in [-0.15, -0.1) is 11.3 Å². The van der Waals surface area contributed by atoms with Gasteiger partial charge in [0.05, 0.1) is 0 Å². The zero-order valence-electron chi connectivity index (χ0n) is 9.60. The number of nitrogens with one attached hydrogen (secondary N) is 1. The molecule has 3 heteroatoms. The van der Waals surface area contributed by atoms with Gasteiger partial charge in [-0.1, -0.05) is 12.1 Å². The van der Waals surface area contributed by atoms with Crippen LogP contribution in [0.15, 0.2) is 35.8 Å². The third-order valence-electron chi connectivity index (χ3n) is 2.39. The van der Waals surface area contributed by atoms with Gasteiger partial charge in [0.1, 0.15) is 5.82 Å². The zero-order chi connectivity index (χ0) is 11.4. The van der Waals surface area contributed by atoms with E-state index in [1.165, 1.54) is 10.4 Å². The smallest absolute Gasteiger partial charge is 0.126 e. The normalized spacial score (nSPS) is 12.4. The number of thiophene rings is 1. The van der Waals surface area contributed by atoms with Gasteiger partial charge in [-0.2, -0.15) is 0 Å². The Kier molecular flexibility index (Phi) is 3.57. The van der Waals surface area contributed by atoms with Crippen LogP contribution in [-0.2, 0) is 6.42 Å². The lowest BCUT2D eigenvalue weighted by Crippen LogP contribution is -2.18. The monoisotopic (exact) mass is 232 g/mol. The molecule has 2 heterocycles. The molecule has 0 aliphatic heterocycles. The van der Waals surface area contributed by atoms with E-state index in [0.29, 0.717) is 6.04 Å². The van der Waals surface area contributed by atoms with Gasteiger partial charge in [-0.3, -0.25) is 0 Å². The fraction of sp³-hybridized carbons (Fsp3) is 0.308. The van der Waals surface area contributed by atoms with E-state index in [9.17, 15) is 0 Å². The van der Waals surface area contributed by atoms with Crippen LogP contribution in [0.3, 0.4) is 0 Å². The van der Waals surface area contributed by atoms with Crippen LogP contribution in [0.4, 0.5) is 5.82 Å². The zero-order valence-corrected chi connectivity index (χ0v) is 10.4. The van der Waals surface area contributed by atoms with Crippen molar-refractivity contribution in [3.05, 3.63) is 46.3 Å². The molecule has 0 amide bonds. The molecule has 2 aromatic rings. The average molecular weight is 232 g/mol. The second-order valence-electron chi connectivity index (χ2n) is 4.05. The van der Waals surface area contributed by atoms with Gasteiger partial charge in [0.2, 0.25) is 0 Å². The third-order valence-corrected chi connectivity index (χ3v) is 3.29. The second-order valence-corrected chi connectivity index (χ2v) is 5.08. The molecular weight excluding hydrogens is 216 g/mol. The van der Waals surface area contributed by atoms with Crippen molar-refractivity contribution in [3.8, 4) is 0 Å². The Morgan fingerprint density at radius 2 is 2.25 bits per heavy atom. The van der Waals surface area contributed by atoms with Gasteiger partial charge in [-0.25, -0.2) is 4.98 Å². The summed E-state index contributed by atoms with van der Waals surface area (Å²) in [4.78, 5) is 5.75. The summed E-state index contributed by atoms with van der Waals surface area (Å²) in [6, 6.07) is 8.78. The number of rotatable bonds is 4. The van der Waals surface area contributed by atoms with E-state index in [1.54, 1.807) is 11.3 Å². The Labute approximate surface area is 100 Å². The van der Waals surface area contributed by atoms with E-state index >= 15 is 0 Å². The van der Waals surface area contributed by atoms with Gasteiger partial charge in [0, 0.05) is 23.5 Å². The van der Waals surface area contributed by atoms with Crippen LogP contribution in [0.2, 0.25) is 0 Å². The Morgan fingerprint density at radius 3 is 2.88 bits per heavy atom. The van der Waals surface area contributed by atoms with Crippen molar-refractivity contribution in [2.45, 2.75) is 26.3 Å². The molecule has 0 aliphatic rings. The molecule has 0 fully saturated rings. The quantitative estimate of drug-likeness (QED) is 0.872. The van der Waals surface area contributed by atoms with Crippen molar-refractivity contribution < 1.29 is 0 Å². The Morgan fingerprint density at radius 1 is 1.38 bits per heavy atom. The SMILES string of the molecule is Cc1ccc(NC(C)Cc2cccs2)nc1. The largest absolute Gasteiger partial charge is 0.367 e. The van der Waals surface area contributed by atoms with Crippen molar-refractivity contribution >= 4 is 17.2 Å². The minimum absolute atomic E-state index is 0.411. The predicted octanol–water partition coefficient (Wildman–Crippen LogP) is 3.49. The fourth-order valence-electron chi connectivity index (χ4n) is 1.59. The molecule has 1 N–H and O–H groups in total. The van der Waals surface area contributed by atoms with Gasteiger partial charge in [0.25, 0.3) is 0 Å². The first kappa shape index (κ1) is 11.1. The molecule has 2 nitrogen and oxygen atoms in total. The highest BCUT2D eigenvalue weighted by molar-refractivity contribution is 7.09. The highest BCUT2D eigenvalue weighted by Gasteiger charge is 2.04. The maximum atomic E-state index is 4.34. The van der Waals surface area contributed by atoms with Crippen LogP contribution in [0.1, 0.15) is 17.4 Å². The Bertz CT molecular complexity index is 420. The molecule has 0 saturated carbocycles. The maximum absolute atomic E-state index is 4.34. The van der Waals surface area contributed by atoms with Crippen molar-refractivity contribution in [1.82, 2.24) is 4.98 Å². The van der Waals surface area contributed by atoms with Crippen LogP contribution in [0.25, 0.3) is 0 Å². The first-order valence-corrected chi connectivity index (χ1v) is 6.33. The molecule has 2 rings (SSSR count). The van der Waals surface area contributed by atoms with Gasteiger partial charge < -0.3 is 5.32 Å². The van der Waals surface area contributed by atoms with E-state index in [2.05, 4.69) is 40.8 Å². The van der Waals surface area contributed by atoms with Crippen LogP contribution >= 0.6 is 11.3 Å². The summed E-state index contributed by atoms with van der Waals surface area (Å²) in [7, 11) is 0. The maximum Gasteiger partial charge on any atom is 0.126 e. The minimum Gasteiger partial charge on any atom is -0.367 e. The molecule has 0 bridgehead atoms. The van der Waals surface area contributed by atoms with E-state index in [0.717, 1.165) is 12.2 Å². The molecule has 1 unspecified atom stereocenters. The fourth-order valence-corrected chi connectivity index (χ4v) is 2.42. The van der Waals surface area contributed by atoms with Crippen molar-refractivity contribution in [2.24, 2.45) is 0 Å². The highest BCUT2D eigenvalue weighted by atomic mass is 32.1. The second kappa shape index (κ2) is 5.12. The average Bonchev–Trinajstić information content (AvgIpc) is 2.74. The molecule has 0 saturated heterocycles. The summed E-state index contributed by atoms with van der Waals surface area (Å²) in [5.41, 5.74) is 1.19. The Hall–Kier alpha value is -1.35. The summed E-state index contributed by atoms with van der Waals surface area (Å²) in [5, 5.41) is 5.52. The number of aryl methyl sites for hydroxylation is 1. The Balaban J connectivity index is 1.92. The number of anilines is 1. The van der Waals surface area contributed by atoms with E-state index in [-0.39, 0.29) is 0 Å². The van der Waals surface area contributed by atoms with Crippen LogP contribution in [0.5, 0.6) is 0 Å². The number of hydrogen-bond donors (Lipinski definition) is 1. The van der Waals surface area contributed by atoms with Crippen LogP contribution < -0.4 is 5.32 Å². The number of hydrogen-bond acceptors (Lipinski definition) is 3. The summed E-state index contributed by atoms with van der Waals surface area (Å²) in [6.45, 7) is 4.23. The first-order valence-electron chi connectivity index (χ1n) is 5.45. The molecule has 0 radical (unpaired) electrons. The van der Waals surface area contributed by atoms with E-state index < -0.39 is 0 Å². The molecule has 0 aliphatic carbocycles. The van der Waals surface area contributed by atoms with E-state index in [4.69, 9.17) is 0 Å². The van der Waals surface area contributed by atoms with Crippen molar-refractivity contribution in [2.75, 3.05) is 5.32 Å². The van der Waals surface area contributed by atoms with E-state index in [1.807, 2.05) is 19.2 Å². The number of pyridine rings is 1. The highest BCUT2D eigenvalue weighted by Crippen LogP contribution is 2.13. The van der Waals surface area contributed by atoms with Gasteiger partial charge in [0.15, 0.2) is 0 Å². The lowest BCUT2D eigenvalue weighted by Gasteiger charge is -2.13. The molecule has 1 atom stereocenters. The molecule has 0 aromatic carbocycles. The molecule has 16 heavy (non-hydrogen) atoms. The lowest BCUT2D eigenvalue weighted by atomic mass is 10.2. The van der Waals surface area contributed by atoms with Gasteiger partial charge in [-0.05, 0) is 36.9 Å². The predicted molar refractivity (Wildman–Crippen MR) is 70.1 cm³/mol. The summed E-state index contributed by atoms with van der Waals surface area (Å²) in [5.74, 6) is 0.953. The van der Waals surface area contributed by atoms with Crippen LogP contribution in [0, 0.1) is 6.92 Å². The number of aromatic nitrogens is 1. The molecular formula is C13H16N2S. The van der Waals surface area contributed by atoms with Gasteiger partial charge >= 0.3 is 0 Å². The first-order chi connectivity index (χ1) is 7.74. The summed E-state index contributed by atoms with van der Waals surface area (Å²) < 4.78 is 0. The van der Waals surface area contributed by atoms with Crippen LogP contribution in [-0.4, -0.2) is 11.0 Å².